The van der Waals surface area contributed by atoms with Crippen molar-refractivity contribution in [1.29, 1.82) is 0 Å². The molecule has 1 aromatic heterocycles. The van der Waals surface area contributed by atoms with E-state index in [4.69, 9.17) is 4.74 Å². The highest BCUT2D eigenvalue weighted by molar-refractivity contribution is 9.10. The molecule has 0 aliphatic heterocycles. The lowest BCUT2D eigenvalue weighted by Gasteiger charge is -2.19. The maximum absolute atomic E-state index is 14.0. The Morgan fingerprint density at radius 3 is 2.83 bits per heavy atom. The van der Waals surface area contributed by atoms with Crippen LogP contribution < -0.4 is 5.32 Å². The molecule has 0 unspecified atom stereocenters. The van der Waals surface area contributed by atoms with Crippen LogP contribution in [0.1, 0.15) is 20.8 Å². The van der Waals surface area contributed by atoms with Crippen molar-refractivity contribution in [2.45, 2.75) is 32.9 Å². The van der Waals surface area contributed by atoms with E-state index in [0.717, 1.165) is 0 Å². The van der Waals surface area contributed by atoms with Crippen LogP contribution in [0.15, 0.2) is 34.8 Å². The summed E-state index contributed by atoms with van der Waals surface area (Å²) in [6.07, 6.45) is 2.04. The molecule has 130 valence electrons. The van der Waals surface area contributed by atoms with Crippen LogP contribution in [0.3, 0.4) is 0 Å². The number of carbonyl (C=O) groups is 1. The fourth-order valence-corrected chi connectivity index (χ4v) is 2.53. The van der Waals surface area contributed by atoms with Crippen molar-refractivity contribution in [3.05, 3.63) is 40.7 Å². The zero-order chi connectivity index (χ0) is 17.9. The molecule has 1 N–H and O–H groups in total. The summed E-state index contributed by atoms with van der Waals surface area (Å²) in [4.78, 5) is 15.6. The van der Waals surface area contributed by atoms with E-state index >= 15 is 0 Å². The molecule has 2 aromatic rings. The second-order valence-electron chi connectivity index (χ2n) is 6.16. The Kier molecular flexibility index (Phi) is 5.58. The smallest absolute Gasteiger partial charge is 0.407 e. The highest BCUT2D eigenvalue weighted by Gasteiger charge is 2.15. The number of fused-ring (bicyclic) bond motifs is 1. The molecule has 5 nitrogen and oxygen atoms in total. The van der Waals surface area contributed by atoms with Crippen LogP contribution >= 0.6 is 15.9 Å². The number of rotatable bonds is 4. The molecule has 1 aromatic carbocycles. The van der Waals surface area contributed by atoms with Crippen molar-refractivity contribution in [2.75, 3.05) is 6.54 Å². The van der Waals surface area contributed by atoms with Gasteiger partial charge in [0.15, 0.2) is 0 Å². The number of hydrogen-bond donors (Lipinski definition) is 1. The lowest BCUT2D eigenvalue weighted by atomic mass is 10.2. The second kappa shape index (κ2) is 7.29. The van der Waals surface area contributed by atoms with Gasteiger partial charge in [-0.25, -0.2) is 18.6 Å². The summed E-state index contributed by atoms with van der Waals surface area (Å²) in [5.41, 5.74) is 0.418. The van der Waals surface area contributed by atoms with E-state index in [-0.39, 0.29) is 13.1 Å². The number of nitrogens with zero attached hydrogens (tertiary/aromatic N) is 2. The lowest BCUT2D eigenvalue weighted by molar-refractivity contribution is 0.0534. The summed E-state index contributed by atoms with van der Waals surface area (Å²) in [6, 6.07) is 2.59. The van der Waals surface area contributed by atoms with E-state index in [0.29, 0.717) is 15.5 Å². The van der Waals surface area contributed by atoms with Crippen LogP contribution in [-0.2, 0) is 11.3 Å². The van der Waals surface area contributed by atoms with Gasteiger partial charge in [-0.3, -0.25) is 0 Å². The van der Waals surface area contributed by atoms with Gasteiger partial charge >= 0.3 is 6.09 Å². The number of allylic oxidation sites excluding steroid dienone is 1. The molecule has 0 fully saturated rings. The number of aromatic nitrogens is 2. The first kappa shape index (κ1) is 18.4. The zero-order valence-electron chi connectivity index (χ0n) is 13.6. The predicted molar refractivity (Wildman–Crippen MR) is 90.8 cm³/mol. The Labute approximate surface area is 146 Å². The number of carbonyl (C=O) groups excluding carboxylic acids is 1. The molecule has 24 heavy (non-hydrogen) atoms. The van der Waals surface area contributed by atoms with Crippen molar-refractivity contribution in [2.24, 2.45) is 0 Å². The summed E-state index contributed by atoms with van der Waals surface area (Å²) in [6.45, 7) is 5.10. The van der Waals surface area contributed by atoms with Gasteiger partial charge in [0.2, 0.25) is 0 Å². The van der Waals surface area contributed by atoms with Crippen molar-refractivity contribution < 1.29 is 18.3 Å². The maximum Gasteiger partial charge on any atom is 0.407 e. The second-order valence-corrected chi connectivity index (χ2v) is 7.02. The fraction of sp³-hybridized carbons (Fsp3) is 0.375. The van der Waals surface area contributed by atoms with Crippen LogP contribution in [-0.4, -0.2) is 27.8 Å². The van der Waals surface area contributed by atoms with E-state index in [1.807, 2.05) is 0 Å². The number of imidazole rings is 1. The van der Waals surface area contributed by atoms with Crippen molar-refractivity contribution in [1.82, 2.24) is 14.9 Å². The van der Waals surface area contributed by atoms with Gasteiger partial charge in [0.25, 0.3) is 0 Å². The third-order valence-corrected chi connectivity index (χ3v) is 3.54. The van der Waals surface area contributed by atoms with Crippen LogP contribution in [0.25, 0.3) is 11.0 Å². The van der Waals surface area contributed by atoms with Gasteiger partial charge in [-0.15, -0.1) is 0 Å². The molecule has 0 atom stereocenters. The van der Waals surface area contributed by atoms with E-state index in [2.05, 4.69) is 26.2 Å². The van der Waals surface area contributed by atoms with E-state index in [9.17, 15) is 13.6 Å². The lowest BCUT2D eigenvalue weighted by Crippen LogP contribution is -2.32. The molecule has 0 aliphatic carbocycles. The number of benzene rings is 1. The Bertz CT molecular complexity index is 781. The van der Waals surface area contributed by atoms with Gasteiger partial charge in [-0.2, -0.15) is 0 Å². The molecule has 0 saturated carbocycles. The zero-order valence-corrected chi connectivity index (χ0v) is 15.2. The third kappa shape index (κ3) is 5.02. The van der Waals surface area contributed by atoms with Gasteiger partial charge in [-0.05, 0) is 54.9 Å². The highest BCUT2D eigenvalue weighted by atomic mass is 79.9. The standard InChI is InChI=1S/C16H18BrF2N3O2/c1-16(2,3)24-15(23)20-5-4-10(18)8-22-9-21-14-12(17)6-11(19)7-13(14)22/h4,6-7,9H,5,8H2,1-3H3,(H,20,23)/b10-4-. The topological polar surface area (TPSA) is 56.1 Å². The number of alkyl carbamates (subject to hydrolysis) is 1. The molecular formula is C16H18BrF2N3O2. The normalized spacial score (nSPS) is 12.5. The molecule has 2 rings (SSSR count). The van der Waals surface area contributed by atoms with Crippen molar-refractivity contribution in [3.63, 3.8) is 0 Å². The van der Waals surface area contributed by atoms with Gasteiger partial charge in [0, 0.05) is 11.0 Å². The molecule has 0 saturated heterocycles. The highest BCUT2D eigenvalue weighted by Crippen LogP contribution is 2.24. The number of ether oxygens (including phenoxy) is 1. The predicted octanol–water partition coefficient (Wildman–Crippen LogP) is 4.32. The average Bonchev–Trinajstić information content (AvgIpc) is 2.80. The van der Waals surface area contributed by atoms with Gasteiger partial charge in [0.1, 0.15) is 22.8 Å². The largest absolute Gasteiger partial charge is 0.444 e. The van der Waals surface area contributed by atoms with Crippen LogP contribution in [0.5, 0.6) is 0 Å². The monoisotopic (exact) mass is 401 g/mol. The summed E-state index contributed by atoms with van der Waals surface area (Å²) in [5.74, 6) is -0.919. The van der Waals surface area contributed by atoms with E-state index in [1.54, 1.807) is 20.8 Å². The molecule has 0 aliphatic rings. The summed E-state index contributed by atoms with van der Waals surface area (Å²) in [5, 5.41) is 2.44. The number of hydrogen-bond acceptors (Lipinski definition) is 3. The molecule has 1 heterocycles. The minimum Gasteiger partial charge on any atom is -0.444 e. The summed E-state index contributed by atoms with van der Waals surface area (Å²) >= 11 is 3.22. The molecular weight excluding hydrogens is 384 g/mol. The van der Waals surface area contributed by atoms with Gasteiger partial charge in [0.05, 0.1) is 18.4 Å². The number of halogens is 3. The maximum atomic E-state index is 14.0. The van der Waals surface area contributed by atoms with Crippen LogP contribution in [0.4, 0.5) is 13.6 Å². The Hall–Kier alpha value is -1.96. The van der Waals surface area contributed by atoms with E-state index < -0.39 is 23.3 Å². The molecule has 0 spiro atoms. The average molecular weight is 402 g/mol. The van der Waals surface area contributed by atoms with Crippen molar-refractivity contribution >= 4 is 33.1 Å². The number of nitrogens with one attached hydrogen (secondary N) is 1. The van der Waals surface area contributed by atoms with Crippen LogP contribution in [0.2, 0.25) is 0 Å². The summed E-state index contributed by atoms with van der Waals surface area (Å²) < 4.78 is 34.5. The minimum absolute atomic E-state index is 0.00850. The Morgan fingerprint density at radius 2 is 2.17 bits per heavy atom. The number of amides is 1. The third-order valence-electron chi connectivity index (χ3n) is 2.93. The first-order valence-electron chi connectivity index (χ1n) is 7.27. The molecule has 0 bridgehead atoms. The minimum atomic E-state index is -0.620. The summed E-state index contributed by atoms with van der Waals surface area (Å²) in [7, 11) is 0. The van der Waals surface area contributed by atoms with E-state index in [1.165, 1.54) is 29.1 Å². The van der Waals surface area contributed by atoms with Crippen LogP contribution in [0, 0.1) is 5.82 Å². The van der Waals surface area contributed by atoms with Crippen molar-refractivity contribution in [3.8, 4) is 0 Å². The Balaban J connectivity index is 2.00. The van der Waals surface area contributed by atoms with Gasteiger partial charge in [-0.1, -0.05) is 0 Å². The molecule has 8 heteroatoms. The quantitative estimate of drug-likeness (QED) is 0.829. The fourth-order valence-electron chi connectivity index (χ4n) is 2.00. The molecule has 1 amide bonds. The molecule has 0 radical (unpaired) electrons. The first-order chi connectivity index (χ1) is 11.2. The SMILES string of the molecule is CC(C)(C)OC(=O)NC/C=C(\F)Cn1cnc2c(Br)cc(F)cc21. The first-order valence-corrected chi connectivity index (χ1v) is 8.06. The Morgan fingerprint density at radius 1 is 1.46 bits per heavy atom. The van der Waals surface area contributed by atoms with Gasteiger partial charge < -0.3 is 14.6 Å².